The number of pyridine rings is 1. The van der Waals surface area contributed by atoms with Crippen molar-refractivity contribution < 1.29 is 17.9 Å². The van der Waals surface area contributed by atoms with Crippen LogP contribution in [0.1, 0.15) is 32.8 Å². The zero-order valence-corrected chi connectivity index (χ0v) is 17.0. The van der Waals surface area contributed by atoms with Crippen molar-refractivity contribution in [3.05, 3.63) is 53.2 Å². The number of allylic oxidation sites excluding steroid dienone is 1. The summed E-state index contributed by atoms with van der Waals surface area (Å²) in [4.78, 5) is 15.5. The molecule has 0 saturated heterocycles. The predicted molar refractivity (Wildman–Crippen MR) is 107 cm³/mol. The number of carbonyl (C=O) groups is 1. The molecule has 0 N–H and O–H groups in total. The number of aromatic nitrogens is 1. The Bertz CT molecular complexity index is 937. The van der Waals surface area contributed by atoms with Crippen LogP contribution in [0.25, 0.3) is 6.08 Å². The van der Waals surface area contributed by atoms with E-state index < -0.39 is 9.84 Å². The van der Waals surface area contributed by atoms with Gasteiger partial charge in [0.2, 0.25) is 5.88 Å². The fourth-order valence-electron chi connectivity index (χ4n) is 2.38. The Labute approximate surface area is 165 Å². The topological polar surface area (TPSA) is 73.3 Å². The number of hydrogen-bond acceptors (Lipinski definition) is 5. The normalized spacial score (nSPS) is 12.9. The molecule has 0 aliphatic heterocycles. The molecule has 0 radical (unpaired) electrons. The smallest absolute Gasteiger partial charge is 0.219 e. The number of rotatable bonds is 8. The van der Waals surface area contributed by atoms with Crippen molar-refractivity contribution in [1.29, 1.82) is 0 Å². The molecule has 0 bridgehead atoms. The number of nitrogens with zero attached hydrogens (tertiary/aromatic N) is 1. The maximum absolute atomic E-state index is 11.9. The number of ether oxygens (including phenoxy) is 1. The van der Waals surface area contributed by atoms with Gasteiger partial charge in [0.15, 0.2) is 9.84 Å². The van der Waals surface area contributed by atoms with Crippen molar-refractivity contribution in [3.63, 3.8) is 0 Å². The number of hydrogen-bond donors (Lipinski definition) is 0. The fraction of sp³-hybridized carbons (Fsp3) is 0.300. The molecule has 2 aromatic rings. The van der Waals surface area contributed by atoms with Crippen LogP contribution in [0.5, 0.6) is 11.6 Å². The minimum Gasteiger partial charge on any atom is -0.437 e. The number of benzene rings is 1. The summed E-state index contributed by atoms with van der Waals surface area (Å²) in [6.45, 7) is 5.13. The van der Waals surface area contributed by atoms with E-state index >= 15 is 0 Å². The van der Waals surface area contributed by atoms with Crippen molar-refractivity contribution in [2.24, 2.45) is 5.92 Å². The van der Waals surface area contributed by atoms with Gasteiger partial charge in [0.05, 0.1) is 15.7 Å². The number of sulfone groups is 1. The molecule has 1 heterocycles. The second-order valence-electron chi connectivity index (χ2n) is 6.27. The minimum atomic E-state index is -3.32. The van der Waals surface area contributed by atoms with Gasteiger partial charge >= 0.3 is 0 Å². The Morgan fingerprint density at radius 2 is 2.04 bits per heavy atom. The first-order valence-electron chi connectivity index (χ1n) is 8.55. The quantitative estimate of drug-likeness (QED) is 0.619. The molecule has 27 heavy (non-hydrogen) atoms. The van der Waals surface area contributed by atoms with Gasteiger partial charge in [-0.1, -0.05) is 37.6 Å². The van der Waals surface area contributed by atoms with Crippen molar-refractivity contribution in [2.75, 3.05) is 5.75 Å². The number of ketones is 1. The van der Waals surface area contributed by atoms with E-state index in [0.29, 0.717) is 18.1 Å². The highest BCUT2D eigenvalue weighted by Gasteiger charge is 2.14. The molecule has 144 valence electrons. The Hall–Kier alpha value is -2.18. The summed E-state index contributed by atoms with van der Waals surface area (Å²) < 4.78 is 29.4. The monoisotopic (exact) mass is 407 g/mol. The van der Waals surface area contributed by atoms with E-state index in [9.17, 15) is 13.2 Å². The van der Waals surface area contributed by atoms with Crippen LogP contribution < -0.4 is 4.74 Å². The van der Waals surface area contributed by atoms with Gasteiger partial charge in [-0.05, 0) is 42.7 Å². The maximum Gasteiger partial charge on any atom is 0.219 e. The van der Waals surface area contributed by atoms with Crippen LogP contribution in [0.15, 0.2) is 47.5 Å². The third kappa shape index (κ3) is 6.19. The van der Waals surface area contributed by atoms with Crippen LogP contribution in [0.3, 0.4) is 0 Å². The van der Waals surface area contributed by atoms with E-state index in [-0.39, 0.29) is 27.4 Å². The SMILES string of the molecule is CCS(=O)(=O)c1ccc(Oc2ccc(/C=C/[C@H](C)CC(C)=O)cn2)c(Cl)c1. The fourth-order valence-corrected chi connectivity index (χ4v) is 3.57. The average molecular weight is 408 g/mol. The molecule has 0 saturated carbocycles. The minimum absolute atomic E-state index is 0.00506. The van der Waals surface area contributed by atoms with Gasteiger partial charge in [-0.2, -0.15) is 0 Å². The first-order valence-corrected chi connectivity index (χ1v) is 10.6. The average Bonchev–Trinajstić information content (AvgIpc) is 2.62. The first kappa shape index (κ1) is 21.1. The lowest BCUT2D eigenvalue weighted by Crippen LogP contribution is -2.03. The predicted octanol–water partition coefficient (Wildman–Crippen LogP) is 4.95. The molecule has 1 aromatic carbocycles. The Morgan fingerprint density at radius 1 is 1.30 bits per heavy atom. The van der Waals surface area contributed by atoms with E-state index in [1.807, 2.05) is 25.1 Å². The van der Waals surface area contributed by atoms with Crippen LogP contribution in [-0.4, -0.2) is 24.9 Å². The molecule has 0 amide bonds. The summed E-state index contributed by atoms with van der Waals surface area (Å²) >= 11 is 6.14. The highest BCUT2D eigenvalue weighted by atomic mass is 35.5. The van der Waals surface area contributed by atoms with Crippen molar-refractivity contribution in [3.8, 4) is 11.6 Å². The van der Waals surface area contributed by atoms with Crippen LogP contribution >= 0.6 is 11.6 Å². The summed E-state index contributed by atoms with van der Waals surface area (Å²) in [5.74, 6) is 0.999. The molecule has 2 rings (SSSR count). The van der Waals surface area contributed by atoms with Gasteiger partial charge < -0.3 is 9.53 Å². The highest BCUT2D eigenvalue weighted by Crippen LogP contribution is 2.31. The van der Waals surface area contributed by atoms with E-state index in [1.54, 1.807) is 26.1 Å². The van der Waals surface area contributed by atoms with Crippen LogP contribution in [0.4, 0.5) is 0 Å². The zero-order chi connectivity index (χ0) is 20.0. The largest absolute Gasteiger partial charge is 0.437 e. The number of carbonyl (C=O) groups excluding carboxylic acids is 1. The van der Waals surface area contributed by atoms with Gasteiger partial charge in [-0.15, -0.1) is 0 Å². The molecule has 7 heteroatoms. The third-order valence-corrected chi connectivity index (χ3v) is 5.87. The summed E-state index contributed by atoms with van der Waals surface area (Å²) in [5.41, 5.74) is 0.883. The van der Waals surface area contributed by atoms with Crippen molar-refractivity contribution in [1.82, 2.24) is 4.98 Å². The summed E-state index contributed by atoms with van der Waals surface area (Å²) in [6, 6.07) is 7.89. The van der Waals surface area contributed by atoms with Gasteiger partial charge in [-0.25, -0.2) is 13.4 Å². The second-order valence-corrected chi connectivity index (χ2v) is 8.96. The van der Waals surface area contributed by atoms with Crippen LogP contribution in [-0.2, 0) is 14.6 Å². The van der Waals surface area contributed by atoms with Gasteiger partial charge in [0.1, 0.15) is 11.5 Å². The molecule has 5 nitrogen and oxygen atoms in total. The summed E-state index contributed by atoms with van der Waals surface area (Å²) in [7, 11) is -3.32. The lowest BCUT2D eigenvalue weighted by Gasteiger charge is -2.09. The van der Waals surface area contributed by atoms with E-state index in [0.717, 1.165) is 5.56 Å². The maximum atomic E-state index is 11.9. The standard InChI is InChI=1S/C20H22ClNO4S/c1-4-27(24,25)17-8-9-19(18(21)12-17)26-20-10-7-16(13-22-20)6-5-14(2)11-15(3)23/h5-10,12-14H,4,11H2,1-3H3/b6-5+/t14-/m0/s1. The molecular formula is C20H22ClNO4S. The van der Waals surface area contributed by atoms with E-state index in [4.69, 9.17) is 16.3 Å². The highest BCUT2D eigenvalue weighted by molar-refractivity contribution is 7.91. The van der Waals surface area contributed by atoms with Crippen LogP contribution in [0.2, 0.25) is 5.02 Å². The zero-order valence-electron chi connectivity index (χ0n) is 15.5. The molecule has 1 aromatic heterocycles. The lowest BCUT2D eigenvalue weighted by molar-refractivity contribution is -0.117. The van der Waals surface area contributed by atoms with Gasteiger partial charge in [-0.3, -0.25) is 0 Å². The summed E-state index contributed by atoms with van der Waals surface area (Å²) in [6.07, 6.45) is 6.02. The van der Waals surface area contributed by atoms with Gasteiger partial charge in [0, 0.05) is 18.7 Å². The third-order valence-electron chi connectivity index (χ3n) is 3.84. The molecule has 1 atom stereocenters. The summed E-state index contributed by atoms with van der Waals surface area (Å²) in [5, 5.41) is 0.202. The van der Waals surface area contributed by atoms with Crippen LogP contribution in [0, 0.1) is 5.92 Å². The van der Waals surface area contributed by atoms with Crippen molar-refractivity contribution in [2.45, 2.75) is 32.1 Å². The lowest BCUT2D eigenvalue weighted by atomic mass is 10.0. The molecule has 0 spiro atoms. The van der Waals surface area contributed by atoms with Gasteiger partial charge in [0.25, 0.3) is 0 Å². The Kier molecular flexibility index (Phi) is 7.16. The number of Topliss-reactive ketones (excluding diaryl/α,β-unsaturated/α-hetero) is 1. The molecular weight excluding hydrogens is 386 g/mol. The number of halogens is 1. The molecule has 0 aliphatic rings. The molecule has 0 aliphatic carbocycles. The van der Waals surface area contributed by atoms with E-state index in [1.165, 1.54) is 18.2 Å². The Morgan fingerprint density at radius 3 is 2.59 bits per heavy atom. The Balaban J connectivity index is 2.08. The van der Waals surface area contributed by atoms with E-state index in [2.05, 4.69) is 4.98 Å². The van der Waals surface area contributed by atoms with Crippen molar-refractivity contribution >= 4 is 33.3 Å². The molecule has 0 unspecified atom stereocenters. The second kappa shape index (κ2) is 9.15. The first-order chi connectivity index (χ1) is 12.7. The molecule has 0 fully saturated rings.